The Labute approximate surface area is 169 Å². The van der Waals surface area contributed by atoms with Gasteiger partial charge in [0.05, 0.1) is 25.7 Å². The molecule has 1 atom stereocenters. The van der Waals surface area contributed by atoms with Gasteiger partial charge in [0.15, 0.2) is 11.5 Å². The molecule has 6 heteroatoms. The molecule has 0 fully saturated rings. The Morgan fingerprint density at radius 3 is 2.55 bits per heavy atom. The summed E-state index contributed by atoms with van der Waals surface area (Å²) in [5, 5.41) is 3.84. The highest BCUT2D eigenvalue weighted by atomic mass is 16.5. The number of para-hydroxylation sites is 1. The van der Waals surface area contributed by atoms with Crippen LogP contribution in [0, 0.1) is 0 Å². The second-order valence-corrected chi connectivity index (χ2v) is 7.25. The van der Waals surface area contributed by atoms with Crippen molar-refractivity contribution in [2.75, 3.05) is 7.11 Å². The second-order valence-electron chi connectivity index (χ2n) is 7.25. The lowest BCUT2D eigenvalue weighted by Gasteiger charge is -2.18. The number of aromatic nitrogens is 1. The number of nitrogens with one attached hydrogen (secondary N) is 2. The van der Waals surface area contributed by atoms with E-state index >= 15 is 0 Å². The van der Waals surface area contributed by atoms with Crippen LogP contribution < -0.4 is 20.3 Å². The van der Waals surface area contributed by atoms with E-state index in [1.807, 2.05) is 63.2 Å². The fourth-order valence-electron chi connectivity index (χ4n) is 3.18. The molecule has 2 N–H and O–H groups in total. The van der Waals surface area contributed by atoms with Crippen molar-refractivity contribution >= 4 is 16.8 Å². The molecule has 3 aromatic rings. The minimum atomic E-state index is -0.247. The summed E-state index contributed by atoms with van der Waals surface area (Å²) in [5.41, 5.74) is 1.83. The van der Waals surface area contributed by atoms with Gasteiger partial charge in [-0.25, -0.2) is 0 Å². The predicted octanol–water partition coefficient (Wildman–Crippen LogP) is 3.74. The molecule has 0 radical (unpaired) electrons. The fraction of sp³-hybridized carbons (Fsp3) is 0.304. The van der Waals surface area contributed by atoms with Gasteiger partial charge in [0.25, 0.3) is 5.56 Å². The number of H-pyrrole nitrogens is 1. The highest BCUT2D eigenvalue weighted by molar-refractivity contribution is 5.82. The van der Waals surface area contributed by atoms with Crippen molar-refractivity contribution in [3.8, 4) is 11.5 Å². The van der Waals surface area contributed by atoms with E-state index in [0.717, 1.165) is 16.5 Å². The van der Waals surface area contributed by atoms with Gasteiger partial charge in [-0.1, -0.05) is 24.3 Å². The summed E-state index contributed by atoms with van der Waals surface area (Å²) < 4.78 is 11.1. The van der Waals surface area contributed by atoms with Gasteiger partial charge in [0.1, 0.15) is 0 Å². The maximum atomic E-state index is 12.5. The summed E-state index contributed by atoms with van der Waals surface area (Å²) in [4.78, 5) is 27.6. The Bertz CT molecular complexity index is 1070. The molecule has 1 heterocycles. The molecule has 152 valence electrons. The van der Waals surface area contributed by atoms with Crippen LogP contribution in [0.15, 0.2) is 53.3 Å². The summed E-state index contributed by atoms with van der Waals surface area (Å²) in [6, 6.07) is 14.6. The molecule has 1 unspecified atom stereocenters. The number of fused-ring (bicyclic) bond motifs is 1. The summed E-state index contributed by atoms with van der Waals surface area (Å²) in [6.07, 6.45) is 0.0443. The molecular weight excluding hydrogens is 368 g/mol. The Morgan fingerprint density at radius 1 is 1.07 bits per heavy atom. The van der Waals surface area contributed by atoms with E-state index in [-0.39, 0.29) is 30.0 Å². The molecule has 3 rings (SSSR count). The number of pyridine rings is 1. The van der Waals surface area contributed by atoms with Gasteiger partial charge in [0.2, 0.25) is 5.91 Å². The lowest BCUT2D eigenvalue weighted by Crippen LogP contribution is -2.30. The molecule has 2 aromatic carbocycles. The van der Waals surface area contributed by atoms with Crippen molar-refractivity contribution in [3.05, 3.63) is 70.0 Å². The first-order valence-corrected chi connectivity index (χ1v) is 9.62. The standard InChI is InChI=1S/C23H26N2O4/c1-14(2)29-20-10-9-16(12-21(20)28-4)15(3)24-22(26)13-18-11-17-7-5-6-8-19(17)25-23(18)27/h5-12,14-15H,13H2,1-4H3,(H,24,26)(H,25,27). The van der Waals surface area contributed by atoms with Gasteiger partial charge < -0.3 is 19.8 Å². The Balaban J connectivity index is 1.72. The van der Waals surface area contributed by atoms with Crippen molar-refractivity contribution < 1.29 is 14.3 Å². The Kier molecular flexibility index (Phi) is 6.22. The quantitative estimate of drug-likeness (QED) is 0.640. The van der Waals surface area contributed by atoms with Crippen molar-refractivity contribution in [3.63, 3.8) is 0 Å². The number of hydrogen-bond acceptors (Lipinski definition) is 4. The van der Waals surface area contributed by atoms with Crippen molar-refractivity contribution in [1.82, 2.24) is 10.3 Å². The molecule has 0 saturated carbocycles. The van der Waals surface area contributed by atoms with Gasteiger partial charge in [-0.2, -0.15) is 0 Å². The smallest absolute Gasteiger partial charge is 0.252 e. The summed E-state index contributed by atoms with van der Waals surface area (Å²) in [7, 11) is 1.58. The van der Waals surface area contributed by atoms with E-state index in [1.54, 1.807) is 13.2 Å². The van der Waals surface area contributed by atoms with Crippen LogP contribution in [0.1, 0.15) is 37.9 Å². The molecule has 1 aromatic heterocycles. The van der Waals surface area contributed by atoms with Crippen LogP contribution >= 0.6 is 0 Å². The number of amides is 1. The zero-order chi connectivity index (χ0) is 21.0. The van der Waals surface area contributed by atoms with E-state index in [0.29, 0.717) is 17.1 Å². The number of rotatable bonds is 7. The van der Waals surface area contributed by atoms with E-state index in [2.05, 4.69) is 10.3 Å². The average molecular weight is 394 g/mol. The summed E-state index contributed by atoms with van der Waals surface area (Å²) in [6.45, 7) is 5.79. The van der Waals surface area contributed by atoms with Crippen molar-refractivity contribution in [1.29, 1.82) is 0 Å². The zero-order valence-corrected chi connectivity index (χ0v) is 17.1. The Morgan fingerprint density at radius 2 is 1.83 bits per heavy atom. The number of aromatic amines is 1. The van der Waals surface area contributed by atoms with Crippen LogP contribution in [0.4, 0.5) is 0 Å². The van der Waals surface area contributed by atoms with E-state index in [9.17, 15) is 9.59 Å². The zero-order valence-electron chi connectivity index (χ0n) is 17.1. The topological polar surface area (TPSA) is 80.4 Å². The van der Waals surface area contributed by atoms with Gasteiger partial charge in [-0.15, -0.1) is 0 Å². The van der Waals surface area contributed by atoms with Crippen LogP contribution in [0.3, 0.4) is 0 Å². The molecular formula is C23H26N2O4. The van der Waals surface area contributed by atoms with Crippen LogP contribution in [0.5, 0.6) is 11.5 Å². The third-order valence-corrected chi connectivity index (χ3v) is 4.61. The minimum absolute atomic E-state index is 0.0101. The fourth-order valence-corrected chi connectivity index (χ4v) is 3.18. The third kappa shape index (κ3) is 4.96. The third-order valence-electron chi connectivity index (χ3n) is 4.61. The maximum absolute atomic E-state index is 12.5. The molecule has 0 bridgehead atoms. The number of carbonyl (C=O) groups is 1. The van der Waals surface area contributed by atoms with Gasteiger partial charge >= 0.3 is 0 Å². The molecule has 6 nitrogen and oxygen atoms in total. The molecule has 0 saturated heterocycles. The van der Waals surface area contributed by atoms with Crippen molar-refractivity contribution in [2.45, 2.75) is 39.3 Å². The van der Waals surface area contributed by atoms with Crippen LogP contribution in [0.25, 0.3) is 10.9 Å². The number of benzene rings is 2. The van der Waals surface area contributed by atoms with E-state index in [4.69, 9.17) is 9.47 Å². The van der Waals surface area contributed by atoms with E-state index in [1.165, 1.54) is 0 Å². The SMILES string of the molecule is COc1cc(C(C)NC(=O)Cc2cc3ccccc3[nH]c2=O)ccc1OC(C)C. The number of ether oxygens (including phenoxy) is 2. The van der Waals surface area contributed by atoms with Gasteiger partial charge in [0, 0.05) is 11.1 Å². The van der Waals surface area contributed by atoms with Crippen molar-refractivity contribution in [2.24, 2.45) is 0 Å². The molecule has 0 spiro atoms. The molecule has 0 aliphatic heterocycles. The molecule has 0 aliphatic rings. The van der Waals surface area contributed by atoms with E-state index < -0.39 is 0 Å². The normalized spacial score (nSPS) is 12.0. The first-order valence-electron chi connectivity index (χ1n) is 9.62. The summed E-state index contributed by atoms with van der Waals surface area (Å²) in [5.74, 6) is 1.05. The lowest BCUT2D eigenvalue weighted by atomic mass is 10.1. The highest BCUT2D eigenvalue weighted by Gasteiger charge is 2.15. The molecule has 29 heavy (non-hydrogen) atoms. The number of hydrogen-bond donors (Lipinski definition) is 2. The maximum Gasteiger partial charge on any atom is 0.252 e. The van der Waals surface area contributed by atoms with Crippen LogP contribution in [0.2, 0.25) is 0 Å². The average Bonchev–Trinajstić information content (AvgIpc) is 2.68. The largest absolute Gasteiger partial charge is 0.493 e. The van der Waals surface area contributed by atoms with Gasteiger partial charge in [-0.05, 0) is 56.0 Å². The monoisotopic (exact) mass is 394 g/mol. The highest BCUT2D eigenvalue weighted by Crippen LogP contribution is 2.31. The first kappa shape index (κ1) is 20.5. The first-order chi connectivity index (χ1) is 13.9. The summed E-state index contributed by atoms with van der Waals surface area (Å²) >= 11 is 0. The van der Waals surface area contributed by atoms with Crippen LogP contribution in [-0.4, -0.2) is 24.1 Å². The lowest BCUT2D eigenvalue weighted by molar-refractivity contribution is -0.121. The van der Waals surface area contributed by atoms with Crippen LogP contribution in [-0.2, 0) is 11.2 Å². The second kappa shape index (κ2) is 8.82. The van der Waals surface area contributed by atoms with Gasteiger partial charge in [-0.3, -0.25) is 9.59 Å². The number of carbonyl (C=O) groups excluding carboxylic acids is 1. The molecule has 1 amide bonds. The minimum Gasteiger partial charge on any atom is -0.493 e. The Hall–Kier alpha value is -3.28. The number of methoxy groups -OCH3 is 1. The molecule has 0 aliphatic carbocycles. The predicted molar refractivity (Wildman–Crippen MR) is 114 cm³/mol.